The van der Waals surface area contributed by atoms with Gasteiger partial charge in [0.1, 0.15) is 11.5 Å². The van der Waals surface area contributed by atoms with Gasteiger partial charge in [0, 0.05) is 52.0 Å². The van der Waals surface area contributed by atoms with Crippen LogP contribution in [0.4, 0.5) is 22.0 Å². The summed E-state index contributed by atoms with van der Waals surface area (Å²) in [5.74, 6) is -0.166. The lowest BCUT2D eigenvalue weighted by molar-refractivity contribution is -0.114. The third kappa shape index (κ3) is 8.59. The Kier molecular flexibility index (Phi) is 9.92. The normalized spacial score (nSPS) is 13.4. The molecular weight excluding hydrogens is 498 g/mol. The third-order valence-corrected chi connectivity index (χ3v) is 6.11. The number of benzene rings is 1. The molecule has 0 atom stereocenters. The number of carbonyl (C=O) groups excluding carboxylic acids is 3. The summed E-state index contributed by atoms with van der Waals surface area (Å²) < 4.78 is 5.42. The van der Waals surface area contributed by atoms with Crippen molar-refractivity contribution in [3.63, 3.8) is 0 Å². The molecule has 3 aromatic rings. The topological polar surface area (TPSA) is 129 Å². The van der Waals surface area contributed by atoms with E-state index in [1.807, 2.05) is 6.07 Å². The van der Waals surface area contributed by atoms with E-state index in [9.17, 15) is 14.4 Å². The van der Waals surface area contributed by atoms with Crippen molar-refractivity contribution in [2.45, 2.75) is 19.9 Å². The average Bonchev–Trinajstić information content (AvgIpc) is 2.95. The Labute approximate surface area is 227 Å². The van der Waals surface area contributed by atoms with Gasteiger partial charge in [-0.3, -0.25) is 24.8 Å². The van der Waals surface area contributed by atoms with Gasteiger partial charge in [0.15, 0.2) is 0 Å². The summed E-state index contributed by atoms with van der Waals surface area (Å²) in [5, 5.41) is 8.34. The summed E-state index contributed by atoms with van der Waals surface area (Å²) in [6, 6.07) is 15.4. The van der Waals surface area contributed by atoms with Crippen LogP contribution in [0.25, 0.3) is 0 Å². The Morgan fingerprint density at radius 1 is 0.923 bits per heavy atom. The van der Waals surface area contributed by atoms with Gasteiger partial charge in [0.2, 0.25) is 5.91 Å². The first kappa shape index (κ1) is 27.7. The Bertz CT molecular complexity index is 1250. The maximum Gasteiger partial charge on any atom is 0.323 e. The molecular formula is C28H33N7O4. The number of nitrogens with one attached hydrogen (secondary N) is 3. The molecule has 1 fully saturated rings. The molecule has 204 valence electrons. The zero-order valence-electron chi connectivity index (χ0n) is 21.9. The molecule has 3 N–H and O–H groups in total. The fraction of sp³-hybridized carbons (Fsp3) is 0.321. The highest BCUT2D eigenvalue weighted by molar-refractivity contribution is 6.06. The number of rotatable bonds is 10. The van der Waals surface area contributed by atoms with Crippen LogP contribution in [0, 0.1) is 0 Å². The smallest absolute Gasteiger partial charge is 0.323 e. The Hall–Kier alpha value is -4.35. The van der Waals surface area contributed by atoms with Crippen LogP contribution in [0.2, 0.25) is 0 Å². The number of pyridine rings is 2. The number of hydrogen-bond donors (Lipinski definition) is 3. The summed E-state index contributed by atoms with van der Waals surface area (Å²) >= 11 is 0. The number of urea groups is 1. The molecule has 39 heavy (non-hydrogen) atoms. The number of anilines is 3. The van der Waals surface area contributed by atoms with E-state index in [2.05, 4.69) is 30.8 Å². The van der Waals surface area contributed by atoms with Gasteiger partial charge in [-0.1, -0.05) is 24.3 Å². The minimum Gasteiger partial charge on any atom is -0.379 e. The first-order valence-corrected chi connectivity index (χ1v) is 12.9. The molecule has 0 radical (unpaired) electrons. The zero-order chi connectivity index (χ0) is 27.5. The number of aromatic nitrogens is 2. The Balaban J connectivity index is 1.39. The molecule has 0 bridgehead atoms. The van der Waals surface area contributed by atoms with E-state index in [-0.39, 0.29) is 17.6 Å². The second kappa shape index (κ2) is 14.0. The van der Waals surface area contributed by atoms with E-state index in [1.54, 1.807) is 65.8 Å². The van der Waals surface area contributed by atoms with Crippen molar-refractivity contribution in [1.29, 1.82) is 0 Å². The molecule has 0 saturated carbocycles. The molecule has 1 aliphatic heterocycles. The van der Waals surface area contributed by atoms with E-state index in [4.69, 9.17) is 4.74 Å². The molecule has 2 aromatic heterocycles. The Morgan fingerprint density at radius 3 is 2.33 bits per heavy atom. The standard InChI is InChI=1S/C28H33N7O4/c1-21(36)31-23-7-2-3-8-24(23)32-27(37)25-11-10-22(19-30-25)20-35(14-6-13-34-15-17-39-18-16-34)28(38)33-26-9-4-5-12-29-26/h2-5,7-12,19H,6,13-18,20H2,1H3,(H,31,36)(H,32,37)(H,29,33,38). The van der Waals surface area contributed by atoms with Crippen LogP contribution < -0.4 is 16.0 Å². The van der Waals surface area contributed by atoms with Crippen molar-refractivity contribution >= 4 is 35.0 Å². The van der Waals surface area contributed by atoms with Crippen molar-refractivity contribution in [1.82, 2.24) is 19.8 Å². The molecule has 1 aromatic carbocycles. The summed E-state index contributed by atoms with van der Waals surface area (Å²) in [6.07, 6.45) is 4.02. The fourth-order valence-electron chi connectivity index (χ4n) is 4.14. The number of carbonyl (C=O) groups is 3. The van der Waals surface area contributed by atoms with Gasteiger partial charge >= 0.3 is 6.03 Å². The minimum absolute atomic E-state index is 0.216. The summed E-state index contributed by atoms with van der Waals surface area (Å²) in [7, 11) is 0. The quantitative estimate of drug-likeness (QED) is 0.366. The molecule has 1 aliphatic rings. The van der Waals surface area contributed by atoms with Gasteiger partial charge < -0.3 is 20.3 Å². The van der Waals surface area contributed by atoms with Crippen LogP contribution in [0.3, 0.4) is 0 Å². The van der Waals surface area contributed by atoms with Gasteiger partial charge in [-0.2, -0.15) is 0 Å². The molecule has 0 spiro atoms. The fourth-order valence-corrected chi connectivity index (χ4v) is 4.14. The highest BCUT2D eigenvalue weighted by Gasteiger charge is 2.17. The van der Waals surface area contributed by atoms with Crippen LogP contribution in [0.5, 0.6) is 0 Å². The lowest BCUT2D eigenvalue weighted by atomic mass is 10.2. The predicted molar refractivity (Wildman–Crippen MR) is 148 cm³/mol. The molecule has 1 saturated heterocycles. The monoisotopic (exact) mass is 531 g/mol. The van der Waals surface area contributed by atoms with Gasteiger partial charge in [-0.05, 0) is 42.3 Å². The lowest BCUT2D eigenvalue weighted by Gasteiger charge is -2.28. The van der Waals surface area contributed by atoms with Crippen LogP contribution >= 0.6 is 0 Å². The van der Waals surface area contributed by atoms with E-state index < -0.39 is 5.91 Å². The molecule has 0 unspecified atom stereocenters. The van der Waals surface area contributed by atoms with Crippen molar-refractivity contribution < 1.29 is 19.1 Å². The SMILES string of the molecule is CC(=O)Nc1ccccc1NC(=O)c1ccc(CN(CCCN2CCOCC2)C(=O)Nc2ccccn2)cn1. The van der Waals surface area contributed by atoms with Crippen molar-refractivity contribution in [2.24, 2.45) is 0 Å². The van der Waals surface area contributed by atoms with E-state index in [0.29, 0.717) is 30.3 Å². The number of ether oxygens (including phenoxy) is 1. The van der Waals surface area contributed by atoms with Gasteiger partial charge in [0.25, 0.3) is 5.91 Å². The van der Waals surface area contributed by atoms with Crippen LogP contribution in [0.1, 0.15) is 29.4 Å². The van der Waals surface area contributed by atoms with Crippen LogP contribution in [0.15, 0.2) is 67.0 Å². The molecule has 4 rings (SSSR count). The van der Waals surface area contributed by atoms with Gasteiger partial charge in [-0.25, -0.2) is 9.78 Å². The van der Waals surface area contributed by atoms with Crippen molar-refractivity contribution in [3.8, 4) is 0 Å². The number of hydrogen-bond acceptors (Lipinski definition) is 7. The number of morpholine rings is 1. The minimum atomic E-state index is -0.408. The Morgan fingerprint density at radius 2 is 1.67 bits per heavy atom. The molecule has 11 heteroatoms. The van der Waals surface area contributed by atoms with Crippen LogP contribution in [-0.2, 0) is 16.1 Å². The van der Waals surface area contributed by atoms with Gasteiger partial charge in [0.05, 0.1) is 24.6 Å². The third-order valence-electron chi connectivity index (χ3n) is 6.11. The largest absolute Gasteiger partial charge is 0.379 e. The van der Waals surface area contributed by atoms with E-state index in [1.165, 1.54) is 6.92 Å². The summed E-state index contributed by atoms with van der Waals surface area (Å²) in [4.78, 5) is 49.9. The van der Waals surface area contributed by atoms with Gasteiger partial charge in [-0.15, -0.1) is 0 Å². The van der Waals surface area contributed by atoms with Crippen molar-refractivity contribution in [2.75, 3.05) is 55.3 Å². The van der Waals surface area contributed by atoms with E-state index in [0.717, 1.165) is 44.8 Å². The molecule has 0 aliphatic carbocycles. The first-order chi connectivity index (χ1) is 19.0. The predicted octanol–water partition coefficient (Wildman–Crippen LogP) is 3.44. The number of para-hydroxylation sites is 2. The average molecular weight is 532 g/mol. The number of amides is 4. The maximum atomic E-state index is 13.1. The molecule has 11 nitrogen and oxygen atoms in total. The highest BCUT2D eigenvalue weighted by Crippen LogP contribution is 2.21. The van der Waals surface area contributed by atoms with Crippen LogP contribution in [-0.4, -0.2) is 77.0 Å². The summed E-state index contributed by atoms with van der Waals surface area (Å²) in [6.45, 7) is 6.38. The summed E-state index contributed by atoms with van der Waals surface area (Å²) in [5.41, 5.74) is 1.98. The highest BCUT2D eigenvalue weighted by atomic mass is 16.5. The molecule has 4 amide bonds. The first-order valence-electron chi connectivity index (χ1n) is 12.9. The van der Waals surface area contributed by atoms with Crippen molar-refractivity contribution in [3.05, 3.63) is 78.2 Å². The lowest BCUT2D eigenvalue weighted by Crippen LogP contribution is -2.40. The van der Waals surface area contributed by atoms with E-state index >= 15 is 0 Å². The zero-order valence-corrected chi connectivity index (χ0v) is 21.9. The maximum absolute atomic E-state index is 13.1. The second-order valence-electron chi connectivity index (χ2n) is 9.11. The number of nitrogens with zero attached hydrogens (tertiary/aromatic N) is 4. The second-order valence-corrected chi connectivity index (χ2v) is 9.11. The molecule has 3 heterocycles.